The predicted molar refractivity (Wildman–Crippen MR) is 81.4 cm³/mol. The molecule has 4 heteroatoms. The monoisotopic (exact) mass is 278 g/mol. The maximum absolute atomic E-state index is 6.42. The van der Waals surface area contributed by atoms with Gasteiger partial charge in [-0.3, -0.25) is 4.90 Å². The largest absolute Gasteiger partial charge is 0.497 e. The first-order valence-electron chi connectivity index (χ1n) is 7.20. The van der Waals surface area contributed by atoms with Gasteiger partial charge in [-0.2, -0.15) is 0 Å². The summed E-state index contributed by atoms with van der Waals surface area (Å²) in [4.78, 5) is 2.47. The Morgan fingerprint density at radius 3 is 2.60 bits per heavy atom. The molecule has 1 aliphatic heterocycles. The van der Waals surface area contributed by atoms with E-state index in [0.717, 1.165) is 30.2 Å². The molecule has 0 aromatic heterocycles. The van der Waals surface area contributed by atoms with Gasteiger partial charge in [-0.15, -0.1) is 0 Å². The molecular formula is C16H26N2O2. The molecule has 0 spiro atoms. The van der Waals surface area contributed by atoms with Crippen molar-refractivity contribution >= 4 is 0 Å². The Balaban J connectivity index is 2.17. The predicted octanol–water partition coefficient (Wildman–Crippen LogP) is 2.58. The number of nitrogens with two attached hydrogens (primary N) is 1. The van der Waals surface area contributed by atoms with Crippen LogP contribution in [-0.2, 0) is 0 Å². The van der Waals surface area contributed by atoms with Crippen molar-refractivity contribution < 1.29 is 9.47 Å². The minimum atomic E-state index is -0.0718. The molecule has 0 radical (unpaired) electrons. The van der Waals surface area contributed by atoms with Crippen LogP contribution in [0.3, 0.4) is 0 Å². The van der Waals surface area contributed by atoms with E-state index in [1.165, 1.54) is 12.8 Å². The van der Waals surface area contributed by atoms with Crippen LogP contribution < -0.4 is 15.2 Å². The summed E-state index contributed by atoms with van der Waals surface area (Å²) >= 11 is 0. The zero-order valence-corrected chi connectivity index (χ0v) is 13.0. The van der Waals surface area contributed by atoms with E-state index in [1.807, 2.05) is 18.2 Å². The molecule has 2 rings (SSSR count). The number of hydrogen-bond acceptors (Lipinski definition) is 4. The second-order valence-corrected chi connectivity index (χ2v) is 6.08. The Kier molecular flexibility index (Phi) is 4.55. The third-order valence-corrected chi connectivity index (χ3v) is 4.33. The van der Waals surface area contributed by atoms with Gasteiger partial charge in [0, 0.05) is 23.7 Å². The number of likely N-dealkylation sites (tertiary alicyclic amines) is 1. The van der Waals surface area contributed by atoms with Crippen molar-refractivity contribution in [3.63, 3.8) is 0 Å². The average Bonchev–Trinajstić information content (AvgIpc) is 2.77. The van der Waals surface area contributed by atoms with Crippen LogP contribution in [0.5, 0.6) is 11.5 Å². The molecule has 1 aromatic carbocycles. The molecule has 4 nitrogen and oxygen atoms in total. The molecule has 1 fully saturated rings. The van der Waals surface area contributed by atoms with Crippen molar-refractivity contribution in [1.82, 2.24) is 4.90 Å². The summed E-state index contributed by atoms with van der Waals surface area (Å²) < 4.78 is 10.7. The zero-order valence-electron chi connectivity index (χ0n) is 13.0. The van der Waals surface area contributed by atoms with Crippen LogP contribution in [0.25, 0.3) is 0 Å². The van der Waals surface area contributed by atoms with Crippen LogP contribution in [0, 0.1) is 0 Å². The standard InChI is InChI=1S/C16H26N2O2/c1-16(2)8-5-9-18(16)11-14(17)13-10-12(19-3)6-7-15(13)20-4/h6-7,10,14H,5,8-9,11,17H2,1-4H3. The van der Waals surface area contributed by atoms with Gasteiger partial charge in [0.05, 0.1) is 14.2 Å². The number of ether oxygens (including phenoxy) is 2. The number of rotatable bonds is 5. The van der Waals surface area contributed by atoms with Crippen molar-refractivity contribution in [3.05, 3.63) is 23.8 Å². The Morgan fingerprint density at radius 2 is 2.05 bits per heavy atom. The second kappa shape index (κ2) is 6.02. The van der Waals surface area contributed by atoms with Gasteiger partial charge in [-0.05, 0) is 51.4 Å². The van der Waals surface area contributed by atoms with Gasteiger partial charge >= 0.3 is 0 Å². The Bertz CT molecular complexity index is 460. The highest BCUT2D eigenvalue weighted by atomic mass is 16.5. The summed E-state index contributed by atoms with van der Waals surface area (Å²) in [6.07, 6.45) is 2.48. The molecule has 1 atom stereocenters. The quantitative estimate of drug-likeness (QED) is 0.899. The lowest BCUT2D eigenvalue weighted by molar-refractivity contribution is 0.164. The molecule has 1 unspecified atom stereocenters. The molecule has 0 saturated carbocycles. The van der Waals surface area contributed by atoms with Gasteiger partial charge in [0.15, 0.2) is 0 Å². The number of hydrogen-bond donors (Lipinski definition) is 1. The maximum atomic E-state index is 6.42. The molecule has 0 amide bonds. The Labute approximate surface area is 121 Å². The van der Waals surface area contributed by atoms with Gasteiger partial charge in [0.25, 0.3) is 0 Å². The SMILES string of the molecule is COc1ccc(OC)c(C(N)CN2CCCC2(C)C)c1. The molecule has 1 aromatic rings. The smallest absolute Gasteiger partial charge is 0.123 e. The first kappa shape index (κ1) is 15.1. The Morgan fingerprint density at radius 1 is 1.30 bits per heavy atom. The topological polar surface area (TPSA) is 47.7 Å². The first-order valence-corrected chi connectivity index (χ1v) is 7.20. The third kappa shape index (κ3) is 3.07. The minimum Gasteiger partial charge on any atom is -0.497 e. The van der Waals surface area contributed by atoms with Gasteiger partial charge in [-0.25, -0.2) is 0 Å². The van der Waals surface area contributed by atoms with E-state index in [4.69, 9.17) is 15.2 Å². The molecule has 1 aliphatic rings. The maximum Gasteiger partial charge on any atom is 0.123 e. The lowest BCUT2D eigenvalue weighted by Crippen LogP contribution is -2.42. The van der Waals surface area contributed by atoms with E-state index < -0.39 is 0 Å². The van der Waals surface area contributed by atoms with Crippen LogP contribution in [-0.4, -0.2) is 37.7 Å². The van der Waals surface area contributed by atoms with Crippen LogP contribution >= 0.6 is 0 Å². The summed E-state index contributed by atoms with van der Waals surface area (Å²) in [7, 11) is 3.35. The third-order valence-electron chi connectivity index (χ3n) is 4.33. The highest BCUT2D eigenvalue weighted by molar-refractivity contribution is 5.42. The number of nitrogens with zero attached hydrogens (tertiary/aromatic N) is 1. The molecule has 1 heterocycles. The van der Waals surface area contributed by atoms with E-state index in [9.17, 15) is 0 Å². The van der Waals surface area contributed by atoms with E-state index in [-0.39, 0.29) is 11.6 Å². The minimum absolute atomic E-state index is 0.0718. The highest BCUT2D eigenvalue weighted by Crippen LogP contribution is 2.33. The van der Waals surface area contributed by atoms with Crippen molar-refractivity contribution in [3.8, 4) is 11.5 Å². The fraction of sp³-hybridized carbons (Fsp3) is 0.625. The molecule has 1 saturated heterocycles. The first-order chi connectivity index (χ1) is 9.47. The van der Waals surface area contributed by atoms with Crippen LogP contribution in [0.4, 0.5) is 0 Å². The fourth-order valence-electron chi connectivity index (χ4n) is 2.97. The van der Waals surface area contributed by atoms with Crippen molar-refractivity contribution in [1.29, 1.82) is 0 Å². The Hall–Kier alpha value is -1.26. The number of benzene rings is 1. The van der Waals surface area contributed by atoms with Gasteiger partial charge in [0.1, 0.15) is 11.5 Å². The van der Waals surface area contributed by atoms with Crippen molar-refractivity contribution in [2.24, 2.45) is 5.73 Å². The molecule has 0 bridgehead atoms. The van der Waals surface area contributed by atoms with Gasteiger partial charge in [0.2, 0.25) is 0 Å². The van der Waals surface area contributed by atoms with E-state index in [0.29, 0.717) is 0 Å². The summed E-state index contributed by atoms with van der Waals surface area (Å²) in [6.45, 7) is 6.54. The van der Waals surface area contributed by atoms with E-state index in [2.05, 4.69) is 18.7 Å². The molecule has 112 valence electrons. The van der Waals surface area contributed by atoms with Gasteiger partial charge in [-0.1, -0.05) is 0 Å². The zero-order chi connectivity index (χ0) is 14.8. The lowest BCUT2D eigenvalue weighted by Gasteiger charge is -2.33. The fourth-order valence-corrected chi connectivity index (χ4v) is 2.97. The molecule has 0 aliphatic carbocycles. The van der Waals surface area contributed by atoms with Crippen molar-refractivity contribution in [2.75, 3.05) is 27.3 Å². The molecule has 2 N–H and O–H groups in total. The van der Waals surface area contributed by atoms with Crippen LogP contribution in [0.2, 0.25) is 0 Å². The summed E-state index contributed by atoms with van der Waals surface area (Å²) in [5.41, 5.74) is 7.67. The van der Waals surface area contributed by atoms with E-state index in [1.54, 1.807) is 14.2 Å². The van der Waals surface area contributed by atoms with Crippen LogP contribution in [0.1, 0.15) is 38.3 Å². The second-order valence-electron chi connectivity index (χ2n) is 6.08. The van der Waals surface area contributed by atoms with E-state index >= 15 is 0 Å². The molecule has 20 heavy (non-hydrogen) atoms. The summed E-state index contributed by atoms with van der Waals surface area (Å²) in [5, 5.41) is 0. The lowest BCUT2D eigenvalue weighted by atomic mass is 10.00. The summed E-state index contributed by atoms with van der Waals surface area (Å²) in [5.74, 6) is 1.65. The highest BCUT2D eigenvalue weighted by Gasteiger charge is 2.33. The van der Waals surface area contributed by atoms with Crippen LogP contribution in [0.15, 0.2) is 18.2 Å². The average molecular weight is 278 g/mol. The summed E-state index contributed by atoms with van der Waals surface area (Å²) in [6, 6.07) is 5.72. The van der Waals surface area contributed by atoms with Gasteiger partial charge < -0.3 is 15.2 Å². The van der Waals surface area contributed by atoms with Crippen molar-refractivity contribution in [2.45, 2.75) is 38.3 Å². The number of methoxy groups -OCH3 is 2. The normalized spacial score (nSPS) is 19.9. The molecular weight excluding hydrogens is 252 g/mol.